The Hall–Kier alpha value is -0.260. The minimum absolute atomic E-state index is 0.0579. The zero-order valence-corrected chi connectivity index (χ0v) is 9.67. The van der Waals surface area contributed by atoms with Crippen LogP contribution in [0.25, 0.3) is 0 Å². The Labute approximate surface area is 94.0 Å². The molecule has 0 heterocycles. The molecule has 2 aliphatic carbocycles. The third-order valence-electron chi connectivity index (χ3n) is 3.75. The van der Waals surface area contributed by atoms with Crippen molar-refractivity contribution in [2.75, 3.05) is 12.8 Å². The largest absolute Gasteiger partial charge is 0.392 e. The van der Waals surface area contributed by atoms with Crippen molar-refractivity contribution in [3.05, 3.63) is 0 Å². The summed E-state index contributed by atoms with van der Waals surface area (Å²) in [5.74, 6) is 0.777. The van der Waals surface area contributed by atoms with E-state index >= 15 is 0 Å². The number of carbonyl (C=O) groups is 1. The van der Waals surface area contributed by atoms with Gasteiger partial charge in [-0.2, -0.15) is 11.8 Å². The van der Waals surface area contributed by atoms with E-state index in [1.807, 2.05) is 6.26 Å². The molecule has 0 aromatic rings. The molecular weight excluding hydrogens is 212 g/mol. The van der Waals surface area contributed by atoms with Crippen LogP contribution in [0.2, 0.25) is 0 Å². The maximum atomic E-state index is 11.1. The molecule has 2 aliphatic rings. The van der Waals surface area contributed by atoms with Gasteiger partial charge in [0.25, 0.3) is 0 Å². The van der Waals surface area contributed by atoms with E-state index in [9.17, 15) is 9.90 Å². The highest BCUT2D eigenvalue weighted by Gasteiger charge is 2.53. The SMILES string of the molecule is CS[C@@H]1C[C@H]2[C@H](C[C@H]2NC(=O)CN)[C@H]1O. The lowest BCUT2D eigenvalue weighted by Crippen LogP contribution is -2.53. The lowest BCUT2D eigenvalue weighted by molar-refractivity contribution is -0.122. The lowest BCUT2D eigenvalue weighted by Gasteiger charge is -2.41. The van der Waals surface area contributed by atoms with E-state index in [2.05, 4.69) is 5.32 Å². The molecule has 0 saturated heterocycles. The first-order chi connectivity index (χ1) is 7.17. The second kappa shape index (κ2) is 4.31. The summed E-state index contributed by atoms with van der Waals surface area (Å²) in [6, 6.07) is 0.248. The monoisotopic (exact) mass is 230 g/mol. The lowest BCUT2D eigenvalue weighted by atomic mass is 9.71. The first-order valence-electron chi connectivity index (χ1n) is 5.37. The minimum Gasteiger partial charge on any atom is -0.392 e. The van der Waals surface area contributed by atoms with Crippen molar-refractivity contribution in [3.63, 3.8) is 0 Å². The summed E-state index contributed by atoms with van der Waals surface area (Å²) in [5.41, 5.74) is 5.25. The van der Waals surface area contributed by atoms with Gasteiger partial charge in [-0.25, -0.2) is 0 Å². The fraction of sp³-hybridized carbons (Fsp3) is 0.900. The molecule has 86 valence electrons. The Morgan fingerprint density at radius 3 is 2.87 bits per heavy atom. The van der Waals surface area contributed by atoms with Gasteiger partial charge < -0.3 is 16.2 Å². The number of fused-ring (bicyclic) bond motifs is 1. The van der Waals surface area contributed by atoms with E-state index in [1.54, 1.807) is 11.8 Å². The highest BCUT2D eigenvalue weighted by Crippen LogP contribution is 2.50. The van der Waals surface area contributed by atoms with Gasteiger partial charge in [-0.15, -0.1) is 0 Å². The smallest absolute Gasteiger partial charge is 0.233 e. The average Bonchev–Trinajstić information content (AvgIpc) is 2.47. The number of hydrogen-bond acceptors (Lipinski definition) is 4. The van der Waals surface area contributed by atoms with Crippen molar-refractivity contribution in [1.82, 2.24) is 5.32 Å². The van der Waals surface area contributed by atoms with Crippen LogP contribution in [0.1, 0.15) is 12.8 Å². The quantitative estimate of drug-likeness (QED) is 0.614. The summed E-state index contributed by atoms with van der Waals surface area (Å²) < 4.78 is 0. The Kier molecular flexibility index (Phi) is 3.23. The molecule has 5 heteroatoms. The van der Waals surface area contributed by atoms with E-state index in [0.717, 1.165) is 12.8 Å². The maximum Gasteiger partial charge on any atom is 0.233 e. The van der Waals surface area contributed by atoms with Crippen molar-refractivity contribution < 1.29 is 9.90 Å². The highest BCUT2D eigenvalue weighted by molar-refractivity contribution is 7.99. The van der Waals surface area contributed by atoms with Crippen molar-refractivity contribution >= 4 is 17.7 Å². The number of carbonyl (C=O) groups excluding carboxylic acids is 1. The number of nitrogens with two attached hydrogens (primary N) is 1. The molecule has 0 aromatic heterocycles. The van der Waals surface area contributed by atoms with Gasteiger partial charge in [-0.05, 0) is 30.9 Å². The van der Waals surface area contributed by atoms with E-state index in [4.69, 9.17) is 5.73 Å². The molecule has 0 unspecified atom stereocenters. The second-order valence-electron chi connectivity index (χ2n) is 4.44. The van der Waals surface area contributed by atoms with Crippen molar-refractivity contribution in [2.45, 2.75) is 30.2 Å². The third kappa shape index (κ3) is 1.88. The van der Waals surface area contributed by atoms with E-state index in [-0.39, 0.29) is 24.6 Å². The van der Waals surface area contributed by atoms with E-state index in [1.165, 1.54) is 0 Å². The molecule has 1 amide bonds. The number of aliphatic hydroxyl groups excluding tert-OH is 1. The van der Waals surface area contributed by atoms with Crippen molar-refractivity contribution in [1.29, 1.82) is 0 Å². The van der Waals surface area contributed by atoms with Crippen molar-refractivity contribution in [3.8, 4) is 0 Å². The fourth-order valence-corrected chi connectivity index (χ4v) is 3.72. The molecule has 4 nitrogen and oxygen atoms in total. The zero-order valence-electron chi connectivity index (χ0n) is 8.85. The fourth-order valence-electron chi connectivity index (χ4n) is 2.83. The first-order valence-corrected chi connectivity index (χ1v) is 6.66. The average molecular weight is 230 g/mol. The van der Waals surface area contributed by atoms with Crippen LogP contribution in [0.5, 0.6) is 0 Å². The summed E-state index contributed by atoms with van der Waals surface area (Å²) in [7, 11) is 0. The van der Waals surface area contributed by atoms with Crippen LogP contribution in [0.4, 0.5) is 0 Å². The Morgan fingerprint density at radius 2 is 2.27 bits per heavy atom. The molecule has 2 rings (SSSR count). The van der Waals surface area contributed by atoms with Gasteiger partial charge in [0.05, 0.1) is 12.6 Å². The van der Waals surface area contributed by atoms with Gasteiger partial charge in [-0.3, -0.25) is 4.79 Å². The summed E-state index contributed by atoms with van der Waals surface area (Å²) in [6.07, 6.45) is 3.78. The van der Waals surface area contributed by atoms with Gasteiger partial charge in [0.2, 0.25) is 5.91 Å². The summed E-state index contributed by atoms with van der Waals surface area (Å²) >= 11 is 1.73. The Balaban J connectivity index is 1.88. The zero-order chi connectivity index (χ0) is 11.0. The molecule has 2 fully saturated rings. The second-order valence-corrected chi connectivity index (χ2v) is 5.52. The van der Waals surface area contributed by atoms with Gasteiger partial charge in [0.1, 0.15) is 0 Å². The number of thioether (sulfide) groups is 1. The van der Waals surface area contributed by atoms with E-state index < -0.39 is 0 Å². The molecule has 0 spiro atoms. The first kappa shape index (κ1) is 11.2. The molecule has 0 aromatic carbocycles. The highest BCUT2D eigenvalue weighted by atomic mass is 32.2. The van der Waals surface area contributed by atoms with Crippen LogP contribution >= 0.6 is 11.8 Å². The Morgan fingerprint density at radius 1 is 1.53 bits per heavy atom. The van der Waals surface area contributed by atoms with Crippen LogP contribution in [-0.2, 0) is 4.79 Å². The van der Waals surface area contributed by atoms with Gasteiger partial charge >= 0.3 is 0 Å². The van der Waals surface area contributed by atoms with Crippen LogP contribution in [0.15, 0.2) is 0 Å². The van der Waals surface area contributed by atoms with Gasteiger partial charge in [-0.1, -0.05) is 0 Å². The minimum atomic E-state index is -0.184. The summed E-state index contributed by atoms with van der Waals surface area (Å²) in [4.78, 5) is 11.1. The molecule has 0 aliphatic heterocycles. The topological polar surface area (TPSA) is 75.4 Å². The third-order valence-corrected chi connectivity index (χ3v) is 4.83. The molecule has 4 N–H and O–H groups in total. The van der Waals surface area contributed by atoms with Crippen LogP contribution in [0, 0.1) is 11.8 Å². The molecular formula is C10H18N2O2S. The number of amides is 1. The number of rotatable bonds is 3. The number of hydrogen-bond donors (Lipinski definition) is 3. The molecule has 0 radical (unpaired) electrons. The van der Waals surface area contributed by atoms with Crippen LogP contribution < -0.4 is 11.1 Å². The van der Waals surface area contributed by atoms with Gasteiger partial charge in [0.15, 0.2) is 0 Å². The standard InChI is InChI=1S/C10H18N2O2S/c1-15-8-3-5-6(10(8)14)2-7(5)12-9(13)4-11/h5-8,10,14H,2-4,11H2,1H3,(H,12,13)/t5-,6-,7+,8+,10+/m0/s1. The molecule has 2 saturated carbocycles. The van der Waals surface area contributed by atoms with Crippen LogP contribution in [0.3, 0.4) is 0 Å². The molecule has 5 atom stereocenters. The van der Waals surface area contributed by atoms with Crippen molar-refractivity contribution in [2.24, 2.45) is 17.6 Å². The maximum absolute atomic E-state index is 11.1. The number of aliphatic hydroxyl groups is 1. The van der Waals surface area contributed by atoms with Crippen LogP contribution in [-0.4, -0.2) is 41.2 Å². The summed E-state index contributed by atoms with van der Waals surface area (Å²) in [6.45, 7) is 0.0579. The predicted octanol–water partition coefficient (Wildman–Crippen LogP) is -0.438. The molecule has 15 heavy (non-hydrogen) atoms. The normalized spacial score (nSPS) is 43.3. The Bertz CT molecular complexity index is 262. The predicted molar refractivity (Wildman–Crippen MR) is 60.5 cm³/mol. The van der Waals surface area contributed by atoms with E-state index in [0.29, 0.717) is 17.1 Å². The summed E-state index contributed by atoms with van der Waals surface area (Å²) in [5, 5.41) is 13.2. The number of nitrogens with one attached hydrogen (secondary N) is 1. The van der Waals surface area contributed by atoms with Gasteiger partial charge in [0, 0.05) is 11.3 Å². The molecule has 0 bridgehead atoms.